The van der Waals surface area contributed by atoms with Crippen LogP contribution in [-0.2, 0) is 22.6 Å². The maximum Gasteiger partial charge on any atom is 0.307 e. The summed E-state index contributed by atoms with van der Waals surface area (Å²) in [7, 11) is 0. The van der Waals surface area contributed by atoms with Gasteiger partial charge >= 0.3 is 5.97 Å². The lowest BCUT2D eigenvalue weighted by atomic mass is 9.77. The number of amides is 3. The first-order valence-corrected chi connectivity index (χ1v) is 12.1. The van der Waals surface area contributed by atoms with E-state index in [9.17, 15) is 29.4 Å². The highest BCUT2D eigenvalue weighted by Gasteiger charge is 2.44. The molecular weight excluding hydrogens is 448 g/mol. The van der Waals surface area contributed by atoms with E-state index in [-0.39, 0.29) is 19.1 Å². The Morgan fingerprint density at radius 3 is 2.23 bits per heavy atom. The van der Waals surface area contributed by atoms with Crippen LogP contribution in [0.15, 0.2) is 42.5 Å². The van der Waals surface area contributed by atoms with Crippen molar-refractivity contribution in [3.8, 4) is 0 Å². The van der Waals surface area contributed by atoms with Gasteiger partial charge in [0.15, 0.2) is 0 Å². The number of hydrogen-bond acceptors (Lipinski definition) is 5. The van der Waals surface area contributed by atoms with Gasteiger partial charge in [0.1, 0.15) is 0 Å². The Kier molecular flexibility index (Phi) is 6.15. The monoisotopic (exact) mass is 476 g/mol. The topological polar surface area (TPSA) is 115 Å². The number of carboxylic acids is 1. The first-order chi connectivity index (χ1) is 16.9. The molecule has 2 N–H and O–H groups in total. The molecule has 1 saturated carbocycles. The zero-order chi connectivity index (χ0) is 24.7. The molecule has 2 heterocycles. The van der Waals surface area contributed by atoms with Crippen molar-refractivity contribution in [1.82, 2.24) is 9.80 Å². The third-order valence-electron chi connectivity index (χ3n) is 7.67. The number of carbonyl (C=O) groups excluding carboxylic acids is 3. The van der Waals surface area contributed by atoms with Gasteiger partial charge in [0.2, 0.25) is 5.91 Å². The van der Waals surface area contributed by atoms with Crippen LogP contribution in [0.1, 0.15) is 69.1 Å². The summed E-state index contributed by atoms with van der Waals surface area (Å²) in [5.41, 5.74) is 3.13. The van der Waals surface area contributed by atoms with Gasteiger partial charge in [-0.15, -0.1) is 0 Å². The zero-order valence-electron chi connectivity index (χ0n) is 19.4. The molecule has 3 amide bonds. The number of aliphatic hydroxyl groups excluding tert-OH is 1. The second kappa shape index (κ2) is 9.26. The average Bonchev–Trinajstić information content (AvgIpc) is 3.13. The Bertz CT molecular complexity index is 1170. The summed E-state index contributed by atoms with van der Waals surface area (Å²) in [6.07, 6.45) is 3.13. The van der Waals surface area contributed by atoms with Crippen molar-refractivity contribution >= 4 is 23.7 Å². The quantitative estimate of drug-likeness (QED) is 0.642. The van der Waals surface area contributed by atoms with Crippen LogP contribution in [0.2, 0.25) is 0 Å². The smallest absolute Gasteiger partial charge is 0.307 e. The van der Waals surface area contributed by atoms with Gasteiger partial charge in [0.25, 0.3) is 11.8 Å². The van der Waals surface area contributed by atoms with E-state index in [1.54, 1.807) is 29.2 Å². The molecule has 1 aliphatic carbocycles. The lowest BCUT2D eigenvalue weighted by Crippen LogP contribution is -2.50. The van der Waals surface area contributed by atoms with E-state index >= 15 is 0 Å². The Morgan fingerprint density at radius 1 is 0.943 bits per heavy atom. The molecule has 2 aromatic carbocycles. The molecule has 3 atom stereocenters. The van der Waals surface area contributed by atoms with Gasteiger partial charge in [-0.05, 0) is 48.1 Å². The number of imide groups is 1. The average molecular weight is 477 g/mol. The molecule has 0 spiro atoms. The minimum atomic E-state index is -0.958. The van der Waals surface area contributed by atoms with Crippen LogP contribution in [0, 0.1) is 11.8 Å². The molecule has 0 unspecified atom stereocenters. The SMILES string of the molecule is O=C(O)[C@@H]1CCCC[C@@H]1C(=O)N1CCc2ccc(CO)cc2[C@@H]1CN1C(=O)c2ccccc2C1=O. The third-order valence-corrected chi connectivity index (χ3v) is 7.67. The van der Waals surface area contributed by atoms with Crippen LogP contribution in [0.5, 0.6) is 0 Å². The zero-order valence-corrected chi connectivity index (χ0v) is 19.4. The lowest BCUT2D eigenvalue weighted by molar-refractivity contribution is -0.153. The Morgan fingerprint density at radius 2 is 1.60 bits per heavy atom. The van der Waals surface area contributed by atoms with Gasteiger partial charge in [0.05, 0.1) is 42.2 Å². The first kappa shape index (κ1) is 23.2. The van der Waals surface area contributed by atoms with E-state index < -0.39 is 35.7 Å². The van der Waals surface area contributed by atoms with Crippen molar-refractivity contribution in [1.29, 1.82) is 0 Å². The highest BCUT2D eigenvalue weighted by Crippen LogP contribution is 2.38. The maximum absolute atomic E-state index is 13.8. The lowest BCUT2D eigenvalue weighted by Gasteiger charge is -2.42. The number of benzene rings is 2. The van der Waals surface area contributed by atoms with E-state index in [0.29, 0.717) is 42.5 Å². The van der Waals surface area contributed by atoms with E-state index in [1.165, 1.54) is 4.90 Å². The molecule has 5 rings (SSSR count). The van der Waals surface area contributed by atoms with E-state index in [1.807, 2.05) is 18.2 Å². The molecule has 35 heavy (non-hydrogen) atoms. The van der Waals surface area contributed by atoms with Crippen molar-refractivity contribution in [2.75, 3.05) is 13.1 Å². The van der Waals surface area contributed by atoms with Crippen molar-refractivity contribution in [3.05, 3.63) is 70.3 Å². The summed E-state index contributed by atoms with van der Waals surface area (Å²) >= 11 is 0. The summed E-state index contributed by atoms with van der Waals surface area (Å²) in [5.74, 6) is -3.36. The molecule has 0 bridgehead atoms. The van der Waals surface area contributed by atoms with E-state index in [0.717, 1.165) is 24.0 Å². The summed E-state index contributed by atoms with van der Waals surface area (Å²) < 4.78 is 0. The van der Waals surface area contributed by atoms with E-state index in [2.05, 4.69) is 0 Å². The predicted octanol–water partition coefficient (Wildman–Crippen LogP) is 2.79. The molecule has 2 aromatic rings. The van der Waals surface area contributed by atoms with E-state index in [4.69, 9.17) is 0 Å². The minimum Gasteiger partial charge on any atom is -0.481 e. The summed E-state index contributed by atoms with van der Waals surface area (Å²) in [6.45, 7) is 0.177. The van der Waals surface area contributed by atoms with Crippen LogP contribution in [-0.4, -0.2) is 56.8 Å². The second-order valence-electron chi connectivity index (χ2n) is 9.59. The molecule has 0 aromatic heterocycles. The van der Waals surface area contributed by atoms with Crippen LogP contribution in [0.25, 0.3) is 0 Å². The largest absolute Gasteiger partial charge is 0.481 e. The standard InChI is InChI=1S/C27H28N2O6/c30-15-16-9-10-17-11-12-28(24(31)20-7-3-4-8-21(20)27(34)35)23(22(17)13-16)14-29-25(32)18-5-1-2-6-19(18)26(29)33/h1-2,5-6,9-10,13,20-21,23,30H,3-4,7-8,11-12,14-15H2,(H,34,35)/t20-,21+,23-/m0/s1. The van der Waals surface area contributed by atoms with Crippen molar-refractivity contribution in [2.24, 2.45) is 11.8 Å². The number of carboxylic acid groups (broad SMARTS) is 1. The fourth-order valence-corrected chi connectivity index (χ4v) is 5.82. The summed E-state index contributed by atoms with van der Waals surface area (Å²) in [4.78, 5) is 54.8. The number of fused-ring (bicyclic) bond motifs is 2. The van der Waals surface area contributed by atoms with Crippen LogP contribution >= 0.6 is 0 Å². The molecule has 182 valence electrons. The number of aliphatic hydroxyl groups is 1. The summed E-state index contributed by atoms with van der Waals surface area (Å²) in [5, 5.41) is 19.5. The van der Waals surface area contributed by atoms with Gasteiger partial charge in [-0.3, -0.25) is 24.1 Å². The third kappa shape index (κ3) is 4.01. The Hall–Kier alpha value is -3.52. The number of carbonyl (C=O) groups is 4. The maximum atomic E-state index is 13.8. The van der Waals surface area contributed by atoms with Crippen LogP contribution in [0.4, 0.5) is 0 Å². The van der Waals surface area contributed by atoms with Crippen LogP contribution in [0.3, 0.4) is 0 Å². The molecule has 8 nitrogen and oxygen atoms in total. The van der Waals surface area contributed by atoms with Gasteiger partial charge in [-0.2, -0.15) is 0 Å². The molecule has 2 aliphatic heterocycles. The molecule has 3 aliphatic rings. The highest BCUT2D eigenvalue weighted by atomic mass is 16.4. The number of aliphatic carboxylic acids is 1. The molecule has 0 radical (unpaired) electrons. The van der Waals surface area contributed by atoms with Gasteiger partial charge in [-0.1, -0.05) is 43.2 Å². The van der Waals surface area contributed by atoms with Crippen molar-refractivity contribution < 1.29 is 29.4 Å². The predicted molar refractivity (Wildman–Crippen MR) is 125 cm³/mol. The molecule has 0 saturated heterocycles. The second-order valence-corrected chi connectivity index (χ2v) is 9.59. The molecular formula is C27H28N2O6. The van der Waals surface area contributed by atoms with Crippen molar-refractivity contribution in [3.63, 3.8) is 0 Å². The Balaban J connectivity index is 1.52. The normalized spacial score (nSPS) is 23.7. The van der Waals surface area contributed by atoms with Crippen molar-refractivity contribution in [2.45, 2.75) is 44.8 Å². The van der Waals surface area contributed by atoms with Gasteiger partial charge < -0.3 is 15.1 Å². The van der Waals surface area contributed by atoms with Gasteiger partial charge in [0, 0.05) is 6.54 Å². The fourth-order valence-electron chi connectivity index (χ4n) is 5.82. The number of nitrogens with zero attached hydrogens (tertiary/aromatic N) is 2. The first-order valence-electron chi connectivity index (χ1n) is 12.1. The number of hydrogen-bond donors (Lipinski definition) is 2. The Labute approximate surface area is 203 Å². The number of rotatable bonds is 5. The minimum absolute atomic E-state index is 0.0234. The molecule has 1 fully saturated rings. The summed E-state index contributed by atoms with van der Waals surface area (Å²) in [6, 6.07) is 11.6. The highest BCUT2D eigenvalue weighted by molar-refractivity contribution is 6.21. The fraction of sp³-hybridized carbons (Fsp3) is 0.407. The van der Waals surface area contributed by atoms with Gasteiger partial charge in [-0.25, -0.2) is 0 Å². The molecule has 8 heteroatoms. The van der Waals surface area contributed by atoms with Crippen LogP contribution < -0.4 is 0 Å².